The Kier molecular flexibility index (Phi) is 4.53. The van der Waals surface area contributed by atoms with Crippen LogP contribution in [0.5, 0.6) is 0 Å². The van der Waals surface area contributed by atoms with Gasteiger partial charge in [-0.15, -0.1) is 0 Å². The van der Waals surface area contributed by atoms with Crippen molar-refractivity contribution in [3.8, 4) is 0 Å². The zero-order valence-corrected chi connectivity index (χ0v) is 13.0. The van der Waals surface area contributed by atoms with Crippen molar-refractivity contribution >= 4 is 33.3 Å². The minimum absolute atomic E-state index is 0.261. The molecule has 1 aromatic heterocycles. The molecule has 1 aromatic carbocycles. The van der Waals surface area contributed by atoms with Gasteiger partial charge in [0.15, 0.2) is 5.69 Å². The molecule has 9 heteroatoms. The fourth-order valence-electron chi connectivity index (χ4n) is 1.70. The van der Waals surface area contributed by atoms with E-state index in [4.69, 9.17) is 0 Å². The van der Waals surface area contributed by atoms with E-state index in [1.165, 1.54) is 6.20 Å². The van der Waals surface area contributed by atoms with Crippen molar-refractivity contribution < 1.29 is 13.2 Å². The minimum Gasteiger partial charge on any atom is -0.344 e. The summed E-state index contributed by atoms with van der Waals surface area (Å²) in [4.78, 5) is 11.9. The van der Waals surface area contributed by atoms with E-state index in [1.54, 1.807) is 31.2 Å². The van der Waals surface area contributed by atoms with Gasteiger partial charge in [-0.1, -0.05) is 12.1 Å². The van der Waals surface area contributed by atoms with Gasteiger partial charge < -0.3 is 5.32 Å². The normalized spacial score (nSPS) is 12.7. The van der Waals surface area contributed by atoms with Crippen LogP contribution in [0, 0.1) is 0 Å². The Bertz CT molecular complexity index is 729. The molecule has 21 heavy (non-hydrogen) atoms. The molecule has 2 N–H and O–H groups in total. The lowest BCUT2D eigenvalue weighted by Crippen LogP contribution is -2.26. The molecule has 1 atom stereocenters. The standard InChI is InChI=1S/C12H14N4O3S2/c1-8(14-12(17)11-7-13-20-15-11)9-4-3-5-10(6-9)16-21(2,18)19/h3-8,16H,1-2H3,(H,14,17). The highest BCUT2D eigenvalue weighted by Crippen LogP contribution is 2.18. The molecule has 1 heterocycles. The number of nitrogens with zero attached hydrogens (tertiary/aromatic N) is 2. The minimum atomic E-state index is -3.33. The Morgan fingerprint density at radius 3 is 2.76 bits per heavy atom. The molecule has 0 bridgehead atoms. The molecule has 0 fully saturated rings. The van der Waals surface area contributed by atoms with Gasteiger partial charge in [0.25, 0.3) is 5.91 Å². The molecule has 2 rings (SSSR count). The summed E-state index contributed by atoms with van der Waals surface area (Å²) in [5.74, 6) is -0.322. The molecular formula is C12H14N4O3S2. The van der Waals surface area contributed by atoms with Gasteiger partial charge in [-0.2, -0.15) is 8.75 Å². The number of hydrogen-bond donors (Lipinski definition) is 2. The fraction of sp³-hybridized carbons (Fsp3) is 0.250. The van der Waals surface area contributed by atoms with Gasteiger partial charge in [0.1, 0.15) is 0 Å². The van der Waals surface area contributed by atoms with Crippen molar-refractivity contribution in [3.05, 3.63) is 41.7 Å². The summed E-state index contributed by atoms with van der Waals surface area (Å²) < 4.78 is 32.5. The van der Waals surface area contributed by atoms with Crippen LogP contribution in [-0.4, -0.2) is 29.3 Å². The summed E-state index contributed by atoms with van der Waals surface area (Å²) in [7, 11) is -3.33. The van der Waals surface area contributed by atoms with Crippen LogP contribution in [0.25, 0.3) is 0 Å². The van der Waals surface area contributed by atoms with E-state index in [2.05, 4.69) is 18.8 Å². The van der Waals surface area contributed by atoms with Gasteiger partial charge in [0.05, 0.1) is 30.2 Å². The number of rotatable bonds is 5. The third kappa shape index (κ3) is 4.50. The number of benzene rings is 1. The maximum atomic E-state index is 11.9. The Morgan fingerprint density at radius 2 is 2.14 bits per heavy atom. The summed E-state index contributed by atoms with van der Waals surface area (Å²) in [6.07, 6.45) is 2.48. The average molecular weight is 326 g/mol. The molecule has 0 saturated heterocycles. The van der Waals surface area contributed by atoms with Gasteiger partial charge in [-0.05, 0) is 24.6 Å². The lowest BCUT2D eigenvalue weighted by molar-refractivity contribution is 0.0935. The number of nitrogens with one attached hydrogen (secondary N) is 2. The Balaban J connectivity index is 2.10. The van der Waals surface area contributed by atoms with E-state index in [0.717, 1.165) is 23.5 Å². The molecule has 0 saturated carbocycles. The average Bonchev–Trinajstić information content (AvgIpc) is 2.90. The Hall–Kier alpha value is -2.00. The van der Waals surface area contributed by atoms with Crippen LogP contribution < -0.4 is 10.0 Å². The van der Waals surface area contributed by atoms with Crippen LogP contribution in [0.1, 0.15) is 29.0 Å². The van der Waals surface area contributed by atoms with E-state index in [-0.39, 0.29) is 17.6 Å². The van der Waals surface area contributed by atoms with Crippen LogP contribution in [0.2, 0.25) is 0 Å². The van der Waals surface area contributed by atoms with Crippen LogP contribution in [0.3, 0.4) is 0 Å². The summed E-state index contributed by atoms with van der Waals surface area (Å²) in [6.45, 7) is 1.80. The first-order valence-electron chi connectivity index (χ1n) is 6.01. The largest absolute Gasteiger partial charge is 0.344 e. The smallest absolute Gasteiger partial charge is 0.273 e. The second-order valence-electron chi connectivity index (χ2n) is 4.49. The van der Waals surface area contributed by atoms with Crippen LogP contribution in [-0.2, 0) is 10.0 Å². The van der Waals surface area contributed by atoms with Crippen molar-refractivity contribution in [1.82, 2.24) is 14.1 Å². The van der Waals surface area contributed by atoms with Gasteiger partial charge in [-0.25, -0.2) is 8.42 Å². The second kappa shape index (κ2) is 6.19. The number of carbonyl (C=O) groups is 1. The number of sulfonamides is 1. The molecule has 7 nitrogen and oxygen atoms in total. The van der Waals surface area contributed by atoms with E-state index in [1.807, 2.05) is 0 Å². The van der Waals surface area contributed by atoms with Gasteiger partial charge in [0.2, 0.25) is 10.0 Å². The van der Waals surface area contributed by atoms with Crippen molar-refractivity contribution in [2.75, 3.05) is 11.0 Å². The van der Waals surface area contributed by atoms with E-state index in [9.17, 15) is 13.2 Å². The van der Waals surface area contributed by atoms with Crippen LogP contribution in [0.15, 0.2) is 30.5 Å². The molecule has 0 spiro atoms. The number of carbonyl (C=O) groups excluding carboxylic acids is 1. The molecule has 0 aliphatic carbocycles. The van der Waals surface area contributed by atoms with Crippen molar-refractivity contribution in [3.63, 3.8) is 0 Å². The number of amides is 1. The predicted octanol–water partition coefficient (Wildman–Crippen LogP) is 1.40. The number of anilines is 1. The van der Waals surface area contributed by atoms with Crippen molar-refractivity contribution in [1.29, 1.82) is 0 Å². The molecule has 0 aliphatic heterocycles. The van der Waals surface area contributed by atoms with Gasteiger partial charge >= 0.3 is 0 Å². The zero-order chi connectivity index (χ0) is 15.5. The van der Waals surface area contributed by atoms with E-state index < -0.39 is 10.0 Å². The summed E-state index contributed by atoms with van der Waals surface area (Å²) in [5, 5.41) is 2.78. The first kappa shape index (κ1) is 15.4. The first-order chi connectivity index (χ1) is 9.85. The SMILES string of the molecule is CC(NC(=O)c1cnsn1)c1cccc(NS(C)(=O)=O)c1. The van der Waals surface area contributed by atoms with Crippen molar-refractivity contribution in [2.45, 2.75) is 13.0 Å². The lowest BCUT2D eigenvalue weighted by atomic mass is 10.1. The first-order valence-corrected chi connectivity index (χ1v) is 8.63. The summed E-state index contributed by atoms with van der Waals surface area (Å²) in [6, 6.07) is 6.54. The van der Waals surface area contributed by atoms with E-state index >= 15 is 0 Å². The Morgan fingerprint density at radius 1 is 1.38 bits per heavy atom. The topological polar surface area (TPSA) is 101 Å². The zero-order valence-electron chi connectivity index (χ0n) is 11.4. The fourth-order valence-corrected chi connectivity index (χ4v) is 2.67. The molecule has 1 unspecified atom stereocenters. The molecule has 0 aliphatic rings. The van der Waals surface area contributed by atoms with E-state index in [0.29, 0.717) is 5.69 Å². The van der Waals surface area contributed by atoms with Crippen molar-refractivity contribution in [2.24, 2.45) is 0 Å². The number of hydrogen-bond acceptors (Lipinski definition) is 6. The molecule has 2 aromatic rings. The predicted molar refractivity (Wildman–Crippen MR) is 80.7 cm³/mol. The highest BCUT2D eigenvalue weighted by molar-refractivity contribution is 7.92. The summed E-state index contributed by atoms with van der Waals surface area (Å²) >= 11 is 0.962. The van der Waals surface area contributed by atoms with Gasteiger partial charge in [-0.3, -0.25) is 9.52 Å². The quantitative estimate of drug-likeness (QED) is 0.865. The van der Waals surface area contributed by atoms with Crippen LogP contribution >= 0.6 is 11.7 Å². The maximum absolute atomic E-state index is 11.9. The number of aromatic nitrogens is 2. The third-order valence-electron chi connectivity index (χ3n) is 2.63. The van der Waals surface area contributed by atoms with Gasteiger partial charge in [0, 0.05) is 5.69 Å². The Labute approximate surface area is 126 Å². The molecular weight excluding hydrogens is 312 g/mol. The maximum Gasteiger partial charge on any atom is 0.273 e. The highest BCUT2D eigenvalue weighted by atomic mass is 32.2. The molecule has 1 amide bonds. The highest BCUT2D eigenvalue weighted by Gasteiger charge is 2.14. The third-order valence-corrected chi connectivity index (χ3v) is 3.72. The summed E-state index contributed by atoms with van der Waals surface area (Å²) in [5.41, 5.74) is 1.49. The molecule has 0 radical (unpaired) electrons. The van der Waals surface area contributed by atoms with Crippen LogP contribution in [0.4, 0.5) is 5.69 Å². The second-order valence-corrected chi connectivity index (χ2v) is 6.79. The monoisotopic (exact) mass is 326 g/mol. The lowest BCUT2D eigenvalue weighted by Gasteiger charge is -2.14. The molecule has 112 valence electrons.